The summed E-state index contributed by atoms with van der Waals surface area (Å²) in [6.45, 7) is 0. The van der Waals surface area contributed by atoms with Gasteiger partial charge in [0.2, 0.25) is 0 Å². The van der Waals surface area contributed by atoms with Crippen molar-refractivity contribution in [1.82, 2.24) is 4.98 Å². The van der Waals surface area contributed by atoms with Crippen LogP contribution in [0.5, 0.6) is 0 Å². The molecule has 0 aliphatic rings. The maximum atomic E-state index is 11.7. The highest BCUT2D eigenvalue weighted by molar-refractivity contribution is 9.10. The van der Waals surface area contributed by atoms with Crippen LogP contribution in [0.15, 0.2) is 33.5 Å². The van der Waals surface area contributed by atoms with E-state index in [4.69, 9.17) is 0 Å². The summed E-state index contributed by atoms with van der Waals surface area (Å²) in [5.41, 5.74) is -0.151. The van der Waals surface area contributed by atoms with Crippen LogP contribution in [-0.2, 0) is 4.74 Å². The van der Waals surface area contributed by atoms with E-state index in [-0.39, 0.29) is 11.3 Å². The van der Waals surface area contributed by atoms with E-state index in [1.807, 2.05) is 6.07 Å². The van der Waals surface area contributed by atoms with Crippen LogP contribution in [-0.4, -0.2) is 18.1 Å². The summed E-state index contributed by atoms with van der Waals surface area (Å²) >= 11 is 3.28. The Kier molecular flexibility index (Phi) is 2.78. The zero-order valence-electron chi connectivity index (χ0n) is 8.41. The monoisotopic (exact) mass is 281 g/mol. The second-order valence-corrected chi connectivity index (χ2v) is 4.15. The van der Waals surface area contributed by atoms with Crippen molar-refractivity contribution >= 4 is 32.7 Å². The summed E-state index contributed by atoms with van der Waals surface area (Å²) in [7, 11) is 1.27. The minimum atomic E-state index is -0.554. The van der Waals surface area contributed by atoms with Crippen molar-refractivity contribution in [2.24, 2.45) is 0 Å². The number of esters is 1. The van der Waals surface area contributed by atoms with E-state index in [2.05, 4.69) is 25.7 Å². The predicted molar refractivity (Wildman–Crippen MR) is 63.6 cm³/mol. The van der Waals surface area contributed by atoms with Gasteiger partial charge in [0.05, 0.1) is 7.11 Å². The number of fused-ring (bicyclic) bond motifs is 1. The molecule has 0 unspecified atom stereocenters. The highest BCUT2D eigenvalue weighted by atomic mass is 79.9. The highest BCUT2D eigenvalue weighted by Gasteiger charge is 2.09. The molecule has 0 aliphatic carbocycles. The molecule has 0 aliphatic heterocycles. The number of carbonyl (C=O) groups is 1. The first-order chi connectivity index (χ1) is 7.61. The lowest BCUT2D eigenvalue weighted by Gasteiger charge is -2.02. The summed E-state index contributed by atoms with van der Waals surface area (Å²) < 4.78 is 5.36. The second-order valence-electron chi connectivity index (χ2n) is 3.24. The maximum Gasteiger partial charge on any atom is 0.354 e. The van der Waals surface area contributed by atoms with E-state index in [0.717, 1.165) is 4.47 Å². The van der Waals surface area contributed by atoms with Crippen LogP contribution in [0.4, 0.5) is 0 Å². The number of methoxy groups -OCH3 is 1. The SMILES string of the molecule is COC(=O)c1cc2ccc(Br)cc2c(=O)[nH]1. The van der Waals surface area contributed by atoms with Gasteiger partial charge >= 0.3 is 5.97 Å². The summed E-state index contributed by atoms with van der Waals surface area (Å²) in [6, 6.07) is 6.87. The third kappa shape index (κ3) is 1.86. The first-order valence-corrected chi connectivity index (χ1v) is 5.32. The van der Waals surface area contributed by atoms with Gasteiger partial charge < -0.3 is 9.72 Å². The molecular weight excluding hydrogens is 274 g/mol. The predicted octanol–water partition coefficient (Wildman–Crippen LogP) is 2.08. The standard InChI is InChI=1S/C11H8BrNO3/c1-16-11(15)9-4-6-2-3-7(12)5-8(6)10(14)13-9/h2-5H,1H3,(H,13,14). The molecule has 2 rings (SSSR count). The molecule has 0 atom stereocenters. The molecule has 82 valence electrons. The van der Waals surface area contributed by atoms with E-state index >= 15 is 0 Å². The number of aromatic nitrogens is 1. The molecule has 0 bridgehead atoms. The molecule has 4 nitrogen and oxygen atoms in total. The Morgan fingerprint density at radius 1 is 1.38 bits per heavy atom. The number of halogens is 1. The number of benzene rings is 1. The van der Waals surface area contributed by atoms with Gasteiger partial charge in [-0.2, -0.15) is 0 Å². The number of aromatic amines is 1. The number of carbonyl (C=O) groups excluding carboxylic acids is 1. The Balaban J connectivity index is 2.73. The molecule has 2 aromatic rings. The number of nitrogens with one attached hydrogen (secondary N) is 1. The van der Waals surface area contributed by atoms with Gasteiger partial charge in [0.1, 0.15) is 5.69 Å². The first-order valence-electron chi connectivity index (χ1n) is 4.52. The lowest BCUT2D eigenvalue weighted by atomic mass is 10.1. The van der Waals surface area contributed by atoms with Gasteiger partial charge in [0, 0.05) is 9.86 Å². The molecule has 0 amide bonds. The minimum absolute atomic E-state index is 0.155. The third-order valence-electron chi connectivity index (χ3n) is 2.21. The van der Waals surface area contributed by atoms with Crippen molar-refractivity contribution < 1.29 is 9.53 Å². The lowest BCUT2D eigenvalue weighted by molar-refractivity contribution is 0.0594. The summed E-state index contributed by atoms with van der Waals surface area (Å²) in [5.74, 6) is -0.554. The minimum Gasteiger partial charge on any atom is -0.464 e. The van der Waals surface area contributed by atoms with Crippen LogP contribution < -0.4 is 5.56 Å². The molecule has 1 aromatic heterocycles. The van der Waals surface area contributed by atoms with Crippen molar-refractivity contribution in [3.63, 3.8) is 0 Å². The van der Waals surface area contributed by atoms with Crippen LogP contribution in [0, 0.1) is 0 Å². The fraction of sp³-hybridized carbons (Fsp3) is 0.0909. The van der Waals surface area contributed by atoms with Gasteiger partial charge in [0.25, 0.3) is 5.56 Å². The molecule has 16 heavy (non-hydrogen) atoms. The molecule has 5 heteroatoms. The van der Waals surface area contributed by atoms with Crippen molar-refractivity contribution in [1.29, 1.82) is 0 Å². The lowest BCUT2D eigenvalue weighted by Crippen LogP contribution is -2.14. The zero-order valence-corrected chi connectivity index (χ0v) is 10.00. The average Bonchev–Trinajstić information content (AvgIpc) is 2.28. The zero-order chi connectivity index (χ0) is 11.7. The molecule has 0 radical (unpaired) electrons. The van der Waals surface area contributed by atoms with E-state index in [1.54, 1.807) is 18.2 Å². The van der Waals surface area contributed by atoms with Crippen LogP contribution in [0.25, 0.3) is 10.8 Å². The van der Waals surface area contributed by atoms with Crippen molar-refractivity contribution in [3.05, 3.63) is 44.8 Å². The molecule has 0 spiro atoms. The summed E-state index contributed by atoms with van der Waals surface area (Å²) in [4.78, 5) is 25.4. The molecular formula is C11H8BrNO3. The molecule has 0 saturated carbocycles. The number of rotatable bonds is 1. The summed E-state index contributed by atoms with van der Waals surface area (Å²) in [5, 5.41) is 1.23. The first kappa shape index (κ1) is 10.9. The smallest absolute Gasteiger partial charge is 0.354 e. The Morgan fingerprint density at radius 2 is 2.12 bits per heavy atom. The van der Waals surface area contributed by atoms with Crippen LogP contribution in [0.3, 0.4) is 0 Å². The Morgan fingerprint density at radius 3 is 2.81 bits per heavy atom. The Hall–Kier alpha value is -1.62. The quantitative estimate of drug-likeness (QED) is 0.815. The molecule has 0 saturated heterocycles. The van der Waals surface area contributed by atoms with E-state index in [9.17, 15) is 9.59 Å². The van der Waals surface area contributed by atoms with Crippen molar-refractivity contribution in [3.8, 4) is 0 Å². The van der Waals surface area contributed by atoms with Gasteiger partial charge in [-0.3, -0.25) is 4.79 Å². The van der Waals surface area contributed by atoms with Crippen molar-refractivity contribution in [2.45, 2.75) is 0 Å². The van der Waals surface area contributed by atoms with Crippen LogP contribution in [0.1, 0.15) is 10.5 Å². The largest absolute Gasteiger partial charge is 0.464 e. The molecule has 1 N–H and O–H groups in total. The fourth-order valence-corrected chi connectivity index (χ4v) is 1.81. The van der Waals surface area contributed by atoms with Gasteiger partial charge in [-0.25, -0.2) is 4.79 Å². The molecule has 0 fully saturated rings. The van der Waals surface area contributed by atoms with E-state index in [0.29, 0.717) is 10.8 Å². The fourth-order valence-electron chi connectivity index (χ4n) is 1.45. The summed E-state index contributed by atoms with van der Waals surface area (Å²) in [6.07, 6.45) is 0. The number of ether oxygens (including phenoxy) is 1. The normalized spacial score (nSPS) is 10.4. The number of hydrogen-bond acceptors (Lipinski definition) is 3. The van der Waals surface area contributed by atoms with Gasteiger partial charge in [-0.05, 0) is 23.6 Å². The molecule has 1 heterocycles. The third-order valence-corrected chi connectivity index (χ3v) is 2.71. The maximum absolute atomic E-state index is 11.7. The highest BCUT2D eigenvalue weighted by Crippen LogP contribution is 2.17. The Labute approximate surface area is 99.4 Å². The molecule has 1 aromatic carbocycles. The number of H-pyrrole nitrogens is 1. The van der Waals surface area contributed by atoms with Crippen LogP contribution >= 0.6 is 15.9 Å². The van der Waals surface area contributed by atoms with E-state index < -0.39 is 5.97 Å². The van der Waals surface area contributed by atoms with E-state index in [1.165, 1.54) is 7.11 Å². The van der Waals surface area contributed by atoms with Gasteiger partial charge in [0.15, 0.2) is 0 Å². The topological polar surface area (TPSA) is 59.2 Å². The van der Waals surface area contributed by atoms with Crippen molar-refractivity contribution in [2.75, 3.05) is 7.11 Å². The van der Waals surface area contributed by atoms with Crippen LogP contribution in [0.2, 0.25) is 0 Å². The second kappa shape index (κ2) is 4.09. The average molecular weight is 282 g/mol. The Bertz CT molecular complexity index is 618. The number of pyridine rings is 1. The van der Waals surface area contributed by atoms with Gasteiger partial charge in [-0.1, -0.05) is 22.0 Å². The number of hydrogen-bond donors (Lipinski definition) is 1. The van der Waals surface area contributed by atoms with Gasteiger partial charge in [-0.15, -0.1) is 0 Å².